The molecular weight excluding hydrogens is 194 g/mol. The van der Waals surface area contributed by atoms with E-state index in [1.54, 1.807) is 0 Å². The van der Waals surface area contributed by atoms with E-state index in [0.717, 1.165) is 19.7 Å². The maximum absolute atomic E-state index is 5.53. The van der Waals surface area contributed by atoms with Gasteiger partial charge in [-0.25, -0.2) is 0 Å². The van der Waals surface area contributed by atoms with Gasteiger partial charge in [0.15, 0.2) is 0 Å². The maximum Gasteiger partial charge on any atom is 0.0700 e. The summed E-state index contributed by atoms with van der Waals surface area (Å²) in [5, 5.41) is 3.47. The van der Waals surface area contributed by atoms with Crippen molar-refractivity contribution < 1.29 is 4.74 Å². The minimum absolute atomic E-state index is 0.501. The van der Waals surface area contributed by atoms with Gasteiger partial charge in [-0.1, -0.05) is 6.42 Å². The second kappa shape index (κ2) is 8.57. The van der Waals surface area contributed by atoms with Gasteiger partial charge in [0.05, 0.1) is 6.10 Å². The smallest absolute Gasteiger partial charge is 0.0700 e. The summed E-state index contributed by atoms with van der Waals surface area (Å²) < 4.78 is 5.53. The van der Waals surface area contributed by atoms with E-state index in [2.05, 4.69) is 11.6 Å². The standard InChI is InChI=1S/C11H23NOS/c1-14-9-4-2-3-7-12-10-11-6-5-8-13-11/h11-12H,2-10H2,1H3. The van der Waals surface area contributed by atoms with Crippen molar-refractivity contribution in [3.8, 4) is 0 Å². The summed E-state index contributed by atoms with van der Waals surface area (Å²) in [6.07, 6.45) is 9.21. The fraction of sp³-hybridized carbons (Fsp3) is 1.00. The SMILES string of the molecule is CSCCCCCNCC1CCCO1. The van der Waals surface area contributed by atoms with Crippen molar-refractivity contribution in [3.05, 3.63) is 0 Å². The molecule has 0 aromatic heterocycles. The lowest BCUT2D eigenvalue weighted by Gasteiger charge is -2.10. The molecule has 2 nitrogen and oxygen atoms in total. The van der Waals surface area contributed by atoms with E-state index in [1.165, 1.54) is 37.9 Å². The van der Waals surface area contributed by atoms with Crippen LogP contribution in [0.1, 0.15) is 32.1 Å². The average molecular weight is 217 g/mol. The van der Waals surface area contributed by atoms with Crippen LogP contribution in [-0.2, 0) is 4.74 Å². The Morgan fingerprint density at radius 3 is 3.00 bits per heavy atom. The van der Waals surface area contributed by atoms with Gasteiger partial charge in [-0.3, -0.25) is 0 Å². The summed E-state index contributed by atoms with van der Waals surface area (Å²) in [4.78, 5) is 0. The first-order chi connectivity index (χ1) is 6.93. The van der Waals surface area contributed by atoms with Crippen molar-refractivity contribution >= 4 is 11.8 Å². The Morgan fingerprint density at radius 2 is 2.29 bits per heavy atom. The quantitative estimate of drug-likeness (QED) is 0.630. The van der Waals surface area contributed by atoms with E-state index in [0.29, 0.717) is 6.10 Å². The van der Waals surface area contributed by atoms with Gasteiger partial charge in [0.2, 0.25) is 0 Å². The number of hydrogen-bond donors (Lipinski definition) is 1. The Morgan fingerprint density at radius 1 is 1.36 bits per heavy atom. The molecule has 1 atom stereocenters. The molecule has 1 aliphatic heterocycles. The lowest BCUT2D eigenvalue weighted by Crippen LogP contribution is -2.26. The zero-order valence-corrected chi connectivity index (χ0v) is 10.1. The molecule has 0 saturated carbocycles. The highest BCUT2D eigenvalue weighted by Gasteiger charge is 2.13. The Hall–Kier alpha value is 0.270. The van der Waals surface area contributed by atoms with Crippen LogP contribution in [0, 0.1) is 0 Å². The molecule has 0 aromatic carbocycles. The van der Waals surface area contributed by atoms with Gasteiger partial charge in [0.1, 0.15) is 0 Å². The molecule has 0 aliphatic carbocycles. The van der Waals surface area contributed by atoms with Crippen LogP contribution in [0.2, 0.25) is 0 Å². The highest BCUT2D eigenvalue weighted by molar-refractivity contribution is 7.98. The number of hydrogen-bond acceptors (Lipinski definition) is 3. The summed E-state index contributed by atoms with van der Waals surface area (Å²) >= 11 is 1.95. The third-order valence-electron chi connectivity index (χ3n) is 2.60. The van der Waals surface area contributed by atoms with E-state index in [1.807, 2.05) is 11.8 Å². The molecule has 1 unspecified atom stereocenters. The minimum Gasteiger partial charge on any atom is -0.377 e. The summed E-state index contributed by atoms with van der Waals surface area (Å²) in [5.41, 5.74) is 0. The molecule has 1 rings (SSSR count). The zero-order valence-electron chi connectivity index (χ0n) is 9.26. The van der Waals surface area contributed by atoms with Crippen molar-refractivity contribution in [3.63, 3.8) is 0 Å². The molecule has 0 spiro atoms. The second-order valence-corrected chi connectivity index (χ2v) is 4.88. The molecule has 1 N–H and O–H groups in total. The van der Waals surface area contributed by atoms with Crippen molar-refractivity contribution in [1.82, 2.24) is 5.32 Å². The number of nitrogens with one attached hydrogen (secondary N) is 1. The molecule has 14 heavy (non-hydrogen) atoms. The van der Waals surface area contributed by atoms with E-state index in [4.69, 9.17) is 4.74 Å². The van der Waals surface area contributed by atoms with Crippen LogP contribution in [0.3, 0.4) is 0 Å². The molecular formula is C11H23NOS. The van der Waals surface area contributed by atoms with Gasteiger partial charge in [-0.05, 0) is 44.2 Å². The zero-order chi connectivity index (χ0) is 10.1. The van der Waals surface area contributed by atoms with Gasteiger partial charge < -0.3 is 10.1 Å². The van der Waals surface area contributed by atoms with Crippen LogP contribution < -0.4 is 5.32 Å². The lowest BCUT2D eigenvalue weighted by atomic mass is 10.2. The normalized spacial score (nSPS) is 21.6. The highest BCUT2D eigenvalue weighted by atomic mass is 32.2. The molecule has 3 heteroatoms. The number of ether oxygens (including phenoxy) is 1. The van der Waals surface area contributed by atoms with Gasteiger partial charge in [-0.15, -0.1) is 0 Å². The average Bonchev–Trinajstić information content (AvgIpc) is 2.69. The number of rotatable bonds is 8. The van der Waals surface area contributed by atoms with Crippen molar-refractivity contribution in [1.29, 1.82) is 0 Å². The molecule has 1 saturated heterocycles. The fourth-order valence-corrected chi connectivity index (χ4v) is 2.23. The molecule has 0 radical (unpaired) electrons. The first-order valence-electron chi connectivity index (χ1n) is 5.74. The van der Waals surface area contributed by atoms with Crippen molar-refractivity contribution in [2.45, 2.75) is 38.2 Å². The first-order valence-corrected chi connectivity index (χ1v) is 7.14. The monoisotopic (exact) mass is 217 g/mol. The van der Waals surface area contributed by atoms with E-state index in [-0.39, 0.29) is 0 Å². The van der Waals surface area contributed by atoms with Crippen LogP contribution in [0.25, 0.3) is 0 Å². The highest BCUT2D eigenvalue weighted by Crippen LogP contribution is 2.10. The number of unbranched alkanes of at least 4 members (excludes halogenated alkanes) is 2. The van der Waals surface area contributed by atoms with Crippen LogP contribution >= 0.6 is 11.8 Å². The third kappa shape index (κ3) is 5.89. The summed E-state index contributed by atoms with van der Waals surface area (Å²) in [5.74, 6) is 1.31. The van der Waals surface area contributed by atoms with Gasteiger partial charge >= 0.3 is 0 Å². The fourth-order valence-electron chi connectivity index (χ4n) is 1.74. The lowest BCUT2D eigenvalue weighted by molar-refractivity contribution is 0.110. The van der Waals surface area contributed by atoms with Crippen molar-refractivity contribution in [2.75, 3.05) is 31.7 Å². The molecule has 0 bridgehead atoms. The van der Waals surface area contributed by atoms with Gasteiger partial charge in [0, 0.05) is 13.2 Å². The van der Waals surface area contributed by atoms with Crippen LogP contribution in [0.15, 0.2) is 0 Å². The molecule has 1 heterocycles. The predicted molar refractivity (Wildman–Crippen MR) is 64.1 cm³/mol. The van der Waals surface area contributed by atoms with E-state index >= 15 is 0 Å². The Balaban J connectivity index is 1.75. The minimum atomic E-state index is 0.501. The Labute approximate surface area is 92.2 Å². The third-order valence-corrected chi connectivity index (χ3v) is 3.29. The van der Waals surface area contributed by atoms with E-state index < -0.39 is 0 Å². The topological polar surface area (TPSA) is 21.3 Å². The van der Waals surface area contributed by atoms with E-state index in [9.17, 15) is 0 Å². The maximum atomic E-state index is 5.53. The summed E-state index contributed by atoms with van der Waals surface area (Å²) in [6.45, 7) is 3.19. The molecule has 1 aliphatic rings. The van der Waals surface area contributed by atoms with Gasteiger partial charge in [0.25, 0.3) is 0 Å². The van der Waals surface area contributed by atoms with Crippen LogP contribution in [0.5, 0.6) is 0 Å². The van der Waals surface area contributed by atoms with Crippen LogP contribution in [-0.4, -0.2) is 37.8 Å². The van der Waals surface area contributed by atoms with Crippen LogP contribution in [0.4, 0.5) is 0 Å². The van der Waals surface area contributed by atoms with Gasteiger partial charge in [-0.2, -0.15) is 11.8 Å². The second-order valence-electron chi connectivity index (χ2n) is 3.89. The summed E-state index contributed by atoms with van der Waals surface area (Å²) in [7, 11) is 0. The Bertz CT molecular complexity index is 126. The predicted octanol–water partition coefficient (Wildman–Crippen LogP) is 2.29. The number of thioether (sulfide) groups is 1. The largest absolute Gasteiger partial charge is 0.377 e. The molecule has 0 amide bonds. The summed E-state index contributed by atoms with van der Waals surface area (Å²) in [6, 6.07) is 0. The Kier molecular flexibility index (Phi) is 7.55. The molecule has 1 fully saturated rings. The van der Waals surface area contributed by atoms with Crippen molar-refractivity contribution in [2.24, 2.45) is 0 Å². The first kappa shape index (κ1) is 12.3. The molecule has 0 aromatic rings. The molecule has 84 valence electrons.